The van der Waals surface area contributed by atoms with Crippen LogP contribution in [0, 0.1) is 6.92 Å². The third kappa shape index (κ3) is 4.20. The number of nitrogens with one attached hydrogen (secondary N) is 2. The highest BCUT2D eigenvalue weighted by Crippen LogP contribution is 2.16. The van der Waals surface area contributed by atoms with Crippen LogP contribution in [0.15, 0.2) is 73.1 Å². The molecule has 0 spiro atoms. The minimum Gasteiger partial charge on any atom is -0.381 e. The SMILES string of the molecule is Cc1cccc(C(=O)Nc2ccc(NCc3ccncc3)cc2)c1. The highest BCUT2D eigenvalue weighted by molar-refractivity contribution is 6.04. The summed E-state index contributed by atoms with van der Waals surface area (Å²) in [5.74, 6) is -0.101. The van der Waals surface area contributed by atoms with Gasteiger partial charge in [-0.05, 0) is 61.0 Å². The molecule has 0 radical (unpaired) electrons. The smallest absolute Gasteiger partial charge is 0.255 e. The molecular weight excluding hydrogens is 298 g/mol. The highest BCUT2D eigenvalue weighted by Gasteiger charge is 2.05. The van der Waals surface area contributed by atoms with Crippen molar-refractivity contribution < 1.29 is 4.79 Å². The molecule has 0 aliphatic carbocycles. The van der Waals surface area contributed by atoms with Gasteiger partial charge < -0.3 is 10.6 Å². The second-order valence-electron chi connectivity index (χ2n) is 5.61. The molecular formula is C20H19N3O. The number of aryl methyl sites for hydroxylation is 1. The van der Waals surface area contributed by atoms with Crippen LogP contribution in [0.25, 0.3) is 0 Å². The molecule has 1 aromatic heterocycles. The van der Waals surface area contributed by atoms with E-state index < -0.39 is 0 Å². The second-order valence-corrected chi connectivity index (χ2v) is 5.61. The summed E-state index contributed by atoms with van der Waals surface area (Å²) in [5.41, 5.74) is 4.67. The first-order valence-corrected chi connectivity index (χ1v) is 7.81. The molecule has 3 aromatic rings. The van der Waals surface area contributed by atoms with Crippen molar-refractivity contribution in [1.29, 1.82) is 0 Å². The highest BCUT2D eigenvalue weighted by atomic mass is 16.1. The molecule has 0 bridgehead atoms. The lowest BCUT2D eigenvalue weighted by Crippen LogP contribution is -2.11. The van der Waals surface area contributed by atoms with Crippen LogP contribution in [0.3, 0.4) is 0 Å². The largest absolute Gasteiger partial charge is 0.381 e. The predicted octanol–water partition coefficient (Wildman–Crippen LogP) is 4.25. The van der Waals surface area contributed by atoms with E-state index in [0.717, 1.165) is 23.5 Å². The fourth-order valence-electron chi connectivity index (χ4n) is 2.37. The zero-order valence-electron chi connectivity index (χ0n) is 13.5. The molecule has 0 atom stereocenters. The molecule has 0 fully saturated rings. The normalized spacial score (nSPS) is 10.2. The van der Waals surface area contributed by atoms with E-state index in [1.165, 1.54) is 5.56 Å². The molecule has 0 unspecified atom stereocenters. The number of hydrogen-bond donors (Lipinski definition) is 2. The van der Waals surface area contributed by atoms with Crippen molar-refractivity contribution in [2.45, 2.75) is 13.5 Å². The molecule has 3 rings (SSSR count). The van der Waals surface area contributed by atoms with Crippen molar-refractivity contribution in [2.75, 3.05) is 10.6 Å². The van der Waals surface area contributed by atoms with E-state index in [1.807, 2.05) is 67.6 Å². The van der Waals surface area contributed by atoms with E-state index in [1.54, 1.807) is 12.4 Å². The maximum atomic E-state index is 12.2. The van der Waals surface area contributed by atoms with E-state index in [-0.39, 0.29) is 5.91 Å². The maximum absolute atomic E-state index is 12.2. The van der Waals surface area contributed by atoms with Crippen molar-refractivity contribution in [1.82, 2.24) is 4.98 Å². The number of nitrogens with zero attached hydrogens (tertiary/aromatic N) is 1. The maximum Gasteiger partial charge on any atom is 0.255 e. The van der Waals surface area contributed by atoms with E-state index >= 15 is 0 Å². The summed E-state index contributed by atoms with van der Waals surface area (Å²) in [6.07, 6.45) is 3.56. The van der Waals surface area contributed by atoms with Gasteiger partial charge in [0.1, 0.15) is 0 Å². The Morgan fingerprint density at radius 1 is 0.958 bits per heavy atom. The number of hydrogen-bond acceptors (Lipinski definition) is 3. The van der Waals surface area contributed by atoms with Crippen LogP contribution in [0.1, 0.15) is 21.5 Å². The average molecular weight is 317 g/mol. The number of benzene rings is 2. The predicted molar refractivity (Wildman–Crippen MR) is 97.1 cm³/mol. The van der Waals surface area contributed by atoms with Crippen LogP contribution in [0.4, 0.5) is 11.4 Å². The average Bonchev–Trinajstić information content (AvgIpc) is 2.62. The second kappa shape index (κ2) is 7.42. The summed E-state index contributed by atoms with van der Waals surface area (Å²) in [6.45, 7) is 2.71. The van der Waals surface area contributed by atoms with E-state index in [4.69, 9.17) is 0 Å². The lowest BCUT2D eigenvalue weighted by atomic mass is 10.1. The number of carbonyl (C=O) groups is 1. The van der Waals surface area contributed by atoms with Crippen molar-refractivity contribution in [3.8, 4) is 0 Å². The molecule has 1 amide bonds. The first-order chi connectivity index (χ1) is 11.7. The minimum atomic E-state index is -0.101. The number of amides is 1. The fourth-order valence-corrected chi connectivity index (χ4v) is 2.37. The molecule has 4 heteroatoms. The van der Waals surface area contributed by atoms with Gasteiger partial charge in [0.25, 0.3) is 5.91 Å². The quantitative estimate of drug-likeness (QED) is 0.739. The first kappa shape index (κ1) is 15.7. The van der Waals surface area contributed by atoms with Gasteiger partial charge in [-0.15, -0.1) is 0 Å². The standard InChI is InChI=1S/C20H19N3O/c1-15-3-2-4-17(13-15)20(24)23-19-7-5-18(6-8-19)22-14-16-9-11-21-12-10-16/h2-13,22H,14H2,1H3,(H,23,24). The number of aromatic nitrogens is 1. The molecule has 0 aliphatic heterocycles. The van der Waals surface area contributed by atoms with E-state index in [0.29, 0.717) is 5.56 Å². The van der Waals surface area contributed by atoms with E-state index in [9.17, 15) is 4.79 Å². The molecule has 24 heavy (non-hydrogen) atoms. The van der Waals surface area contributed by atoms with Gasteiger partial charge in [0.2, 0.25) is 0 Å². The van der Waals surface area contributed by atoms with Gasteiger partial charge in [0.15, 0.2) is 0 Å². The van der Waals surface area contributed by atoms with E-state index in [2.05, 4.69) is 15.6 Å². The fraction of sp³-hybridized carbons (Fsp3) is 0.100. The van der Waals surface area contributed by atoms with Gasteiger partial charge in [-0.3, -0.25) is 9.78 Å². The molecule has 0 saturated carbocycles. The molecule has 120 valence electrons. The molecule has 1 heterocycles. The van der Waals surface area contributed by atoms with Crippen LogP contribution < -0.4 is 10.6 Å². The lowest BCUT2D eigenvalue weighted by Gasteiger charge is -2.09. The Labute approximate surface area is 141 Å². The zero-order chi connectivity index (χ0) is 16.8. The number of pyridine rings is 1. The zero-order valence-corrected chi connectivity index (χ0v) is 13.5. The third-order valence-electron chi connectivity index (χ3n) is 3.67. The van der Waals surface area contributed by atoms with Gasteiger partial charge in [0, 0.05) is 35.9 Å². The van der Waals surface area contributed by atoms with Gasteiger partial charge in [0.05, 0.1) is 0 Å². The molecule has 2 N–H and O–H groups in total. The molecule has 2 aromatic carbocycles. The molecule has 0 saturated heterocycles. The summed E-state index contributed by atoms with van der Waals surface area (Å²) in [5, 5.41) is 6.25. The van der Waals surface area contributed by atoms with Crippen LogP contribution in [-0.4, -0.2) is 10.9 Å². The number of rotatable bonds is 5. The van der Waals surface area contributed by atoms with Crippen molar-refractivity contribution in [3.63, 3.8) is 0 Å². The number of carbonyl (C=O) groups excluding carboxylic acids is 1. The van der Waals surface area contributed by atoms with Crippen molar-refractivity contribution in [3.05, 3.63) is 89.7 Å². The minimum absolute atomic E-state index is 0.101. The summed E-state index contributed by atoms with van der Waals surface area (Å²) >= 11 is 0. The molecule has 0 aliphatic rings. The Morgan fingerprint density at radius 3 is 2.38 bits per heavy atom. The van der Waals surface area contributed by atoms with Crippen LogP contribution >= 0.6 is 0 Å². The van der Waals surface area contributed by atoms with Gasteiger partial charge in [-0.2, -0.15) is 0 Å². The number of anilines is 2. The van der Waals surface area contributed by atoms with Crippen LogP contribution in [0.5, 0.6) is 0 Å². The monoisotopic (exact) mass is 317 g/mol. The van der Waals surface area contributed by atoms with Crippen LogP contribution in [-0.2, 0) is 6.54 Å². The molecule has 4 nitrogen and oxygen atoms in total. The van der Waals surface area contributed by atoms with Crippen molar-refractivity contribution >= 4 is 17.3 Å². The van der Waals surface area contributed by atoms with Crippen LogP contribution in [0.2, 0.25) is 0 Å². The summed E-state index contributed by atoms with van der Waals surface area (Å²) in [7, 11) is 0. The summed E-state index contributed by atoms with van der Waals surface area (Å²) < 4.78 is 0. The Hall–Kier alpha value is -3.14. The van der Waals surface area contributed by atoms with Crippen molar-refractivity contribution in [2.24, 2.45) is 0 Å². The Morgan fingerprint density at radius 2 is 1.67 bits per heavy atom. The Kier molecular flexibility index (Phi) is 4.87. The Balaban J connectivity index is 1.59. The summed E-state index contributed by atoms with van der Waals surface area (Å²) in [4.78, 5) is 16.2. The van der Waals surface area contributed by atoms with Gasteiger partial charge in [-0.25, -0.2) is 0 Å². The topological polar surface area (TPSA) is 54.0 Å². The Bertz CT molecular complexity index is 814. The first-order valence-electron chi connectivity index (χ1n) is 7.81. The summed E-state index contributed by atoms with van der Waals surface area (Å²) in [6, 6.07) is 19.2. The van der Waals surface area contributed by atoms with Gasteiger partial charge >= 0.3 is 0 Å². The third-order valence-corrected chi connectivity index (χ3v) is 3.67. The lowest BCUT2D eigenvalue weighted by molar-refractivity contribution is 0.102. The van der Waals surface area contributed by atoms with Gasteiger partial charge in [-0.1, -0.05) is 17.7 Å².